The molecule has 1 rings (SSSR count). The van der Waals surface area contributed by atoms with E-state index in [0.29, 0.717) is 13.1 Å². The van der Waals surface area contributed by atoms with Crippen molar-refractivity contribution in [2.75, 3.05) is 18.4 Å². The van der Waals surface area contributed by atoms with Crippen molar-refractivity contribution in [3.63, 3.8) is 0 Å². The molecule has 16 heavy (non-hydrogen) atoms. The lowest BCUT2D eigenvalue weighted by Gasteiger charge is -2.19. The first-order chi connectivity index (χ1) is 7.58. The number of anilines is 1. The van der Waals surface area contributed by atoms with Crippen LogP contribution in [0.15, 0.2) is 22.7 Å². The molecule has 0 fully saturated rings. The Balaban J connectivity index is 2.80. The molecule has 4 heteroatoms. The van der Waals surface area contributed by atoms with E-state index in [2.05, 4.69) is 21.2 Å². The van der Waals surface area contributed by atoms with E-state index < -0.39 is 0 Å². The zero-order chi connectivity index (χ0) is 12.1. The molecule has 1 aromatic rings. The van der Waals surface area contributed by atoms with Gasteiger partial charge in [-0.15, -0.1) is 0 Å². The van der Waals surface area contributed by atoms with Crippen LogP contribution in [0.4, 0.5) is 10.5 Å². The van der Waals surface area contributed by atoms with Crippen LogP contribution in [-0.2, 0) is 0 Å². The van der Waals surface area contributed by atoms with Gasteiger partial charge < -0.3 is 10.2 Å². The van der Waals surface area contributed by atoms with Crippen molar-refractivity contribution < 1.29 is 4.79 Å². The first-order valence-electron chi connectivity index (χ1n) is 5.40. The van der Waals surface area contributed by atoms with E-state index in [9.17, 15) is 4.79 Å². The fourth-order valence-corrected chi connectivity index (χ4v) is 1.79. The predicted molar refractivity (Wildman–Crippen MR) is 70.8 cm³/mol. The van der Waals surface area contributed by atoms with Crippen LogP contribution in [0, 0.1) is 6.92 Å². The maximum atomic E-state index is 11.8. The summed E-state index contributed by atoms with van der Waals surface area (Å²) in [7, 11) is 0. The number of rotatable bonds is 3. The van der Waals surface area contributed by atoms with Crippen LogP contribution >= 0.6 is 15.9 Å². The Kier molecular flexibility index (Phi) is 4.80. The Morgan fingerprint density at radius 2 is 2.00 bits per heavy atom. The Morgan fingerprint density at radius 1 is 1.38 bits per heavy atom. The van der Waals surface area contributed by atoms with Crippen LogP contribution in [0.1, 0.15) is 19.4 Å². The molecule has 1 N–H and O–H groups in total. The van der Waals surface area contributed by atoms with Crippen molar-refractivity contribution in [1.29, 1.82) is 0 Å². The van der Waals surface area contributed by atoms with Crippen molar-refractivity contribution in [2.24, 2.45) is 0 Å². The quantitative estimate of drug-likeness (QED) is 0.903. The highest BCUT2D eigenvalue weighted by Gasteiger charge is 2.10. The molecule has 0 spiro atoms. The summed E-state index contributed by atoms with van der Waals surface area (Å²) in [6.45, 7) is 7.36. The van der Waals surface area contributed by atoms with Gasteiger partial charge in [0.2, 0.25) is 0 Å². The fraction of sp³-hybridized carbons (Fsp3) is 0.417. The molecule has 0 aromatic heterocycles. The molecule has 0 heterocycles. The lowest BCUT2D eigenvalue weighted by molar-refractivity contribution is 0.217. The zero-order valence-corrected chi connectivity index (χ0v) is 11.5. The highest BCUT2D eigenvalue weighted by Crippen LogP contribution is 2.23. The van der Waals surface area contributed by atoms with Gasteiger partial charge in [0.25, 0.3) is 0 Å². The SMILES string of the molecule is CCN(CC)C(=O)Nc1cc(C)ccc1Br. The Bertz CT molecular complexity index is 375. The molecular formula is C12H17BrN2O. The molecule has 88 valence electrons. The molecule has 0 saturated carbocycles. The van der Waals surface area contributed by atoms with Crippen molar-refractivity contribution in [2.45, 2.75) is 20.8 Å². The van der Waals surface area contributed by atoms with Gasteiger partial charge in [-0.2, -0.15) is 0 Å². The third-order valence-corrected chi connectivity index (χ3v) is 3.11. The first kappa shape index (κ1) is 13.0. The number of aryl methyl sites for hydroxylation is 1. The molecule has 0 radical (unpaired) electrons. The highest BCUT2D eigenvalue weighted by atomic mass is 79.9. The summed E-state index contributed by atoms with van der Waals surface area (Å²) in [5, 5.41) is 2.89. The number of nitrogens with one attached hydrogen (secondary N) is 1. The van der Waals surface area contributed by atoms with Gasteiger partial charge in [-0.25, -0.2) is 4.79 Å². The summed E-state index contributed by atoms with van der Waals surface area (Å²) in [6, 6.07) is 5.83. The van der Waals surface area contributed by atoms with Gasteiger partial charge in [0.05, 0.1) is 5.69 Å². The van der Waals surface area contributed by atoms with Crippen molar-refractivity contribution in [3.05, 3.63) is 28.2 Å². The number of benzene rings is 1. The van der Waals surface area contributed by atoms with Crippen molar-refractivity contribution in [3.8, 4) is 0 Å². The highest BCUT2D eigenvalue weighted by molar-refractivity contribution is 9.10. The number of hydrogen-bond acceptors (Lipinski definition) is 1. The van der Waals surface area contributed by atoms with Gasteiger partial charge in [0.1, 0.15) is 0 Å². The standard InChI is InChI=1S/C12H17BrN2O/c1-4-15(5-2)12(16)14-11-8-9(3)6-7-10(11)13/h6-8H,4-5H2,1-3H3,(H,14,16). The molecule has 0 bridgehead atoms. The van der Waals surface area contributed by atoms with E-state index in [1.165, 1.54) is 0 Å². The molecule has 0 unspecified atom stereocenters. The predicted octanol–water partition coefficient (Wildman–Crippen LogP) is 3.63. The van der Waals surface area contributed by atoms with E-state index in [0.717, 1.165) is 15.7 Å². The molecule has 2 amide bonds. The number of amides is 2. The monoisotopic (exact) mass is 284 g/mol. The van der Waals surface area contributed by atoms with E-state index in [4.69, 9.17) is 0 Å². The maximum absolute atomic E-state index is 11.8. The third-order valence-electron chi connectivity index (χ3n) is 2.41. The van der Waals surface area contributed by atoms with Gasteiger partial charge in [-0.05, 0) is 54.4 Å². The summed E-state index contributed by atoms with van der Waals surface area (Å²) in [4.78, 5) is 13.6. The molecule has 1 aromatic carbocycles. The third kappa shape index (κ3) is 3.23. The van der Waals surface area contributed by atoms with Gasteiger partial charge in [-0.3, -0.25) is 0 Å². The van der Waals surface area contributed by atoms with Crippen molar-refractivity contribution in [1.82, 2.24) is 4.90 Å². The molecule has 0 aliphatic heterocycles. The Labute approximate surface area is 105 Å². The number of carbonyl (C=O) groups excluding carboxylic acids is 1. The normalized spacial score (nSPS) is 10.0. The van der Waals surface area contributed by atoms with Gasteiger partial charge in [0.15, 0.2) is 0 Å². The zero-order valence-electron chi connectivity index (χ0n) is 9.88. The first-order valence-corrected chi connectivity index (χ1v) is 6.19. The molecule has 0 saturated heterocycles. The molecular weight excluding hydrogens is 268 g/mol. The minimum absolute atomic E-state index is 0.0590. The van der Waals surface area contributed by atoms with Crippen LogP contribution in [-0.4, -0.2) is 24.0 Å². The Morgan fingerprint density at radius 3 is 2.56 bits per heavy atom. The van der Waals surface area contributed by atoms with E-state index in [-0.39, 0.29) is 6.03 Å². The van der Waals surface area contributed by atoms with Crippen molar-refractivity contribution >= 4 is 27.6 Å². The number of carbonyl (C=O) groups is 1. The Hall–Kier alpha value is -1.03. The average molecular weight is 285 g/mol. The summed E-state index contributed by atoms with van der Waals surface area (Å²) in [6.07, 6.45) is 0. The largest absolute Gasteiger partial charge is 0.325 e. The summed E-state index contributed by atoms with van der Waals surface area (Å²) in [5.41, 5.74) is 1.94. The molecule has 0 aliphatic carbocycles. The number of halogens is 1. The van der Waals surface area contributed by atoms with E-state index >= 15 is 0 Å². The van der Waals surface area contributed by atoms with Crippen LogP contribution in [0.25, 0.3) is 0 Å². The second kappa shape index (κ2) is 5.89. The minimum atomic E-state index is -0.0590. The lowest BCUT2D eigenvalue weighted by Crippen LogP contribution is -2.34. The minimum Gasteiger partial charge on any atom is -0.325 e. The smallest absolute Gasteiger partial charge is 0.321 e. The number of hydrogen-bond donors (Lipinski definition) is 1. The van der Waals surface area contributed by atoms with Crippen LogP contribution in [0.2, 0.25) is 0 Å². The van der Waals surface area contributed by atoms with Gasteiger partial charge in [-0.1, -0.05) is 6.07 Å². The average Bonchev–Trinajstić information content (AvgIpc) is 2.25. The van der Waals surface area contributed by atoms with Gasteiger partial charge >= 0.3 is 6.03 Å². The molecule has 0 aliphatic rings. The molecule has 0 atom stereocenters. The molecule has 3 nitrogen and oxygen atoms in total. The van der Waals surface area contributed by atoms with Gasteiger partial charge in [0, 0.05) is 17.6 Å². The number of urea groups is 1. The second-order valence-electron chi connectivity index (χ2n) is 3.59. The number of nitrogens with zero attached hydrogens (tertiary/aromatic N) is 1. The lowest BCUT2D eigenvalue weighted by atomic mass is 10.2. The summed E-state index contributed by atoms with van der Waals surface area (Å²) in [5.74, 6) is 0. The summed E-state index contributed by atoms with van der Waals surface area (Å²) < 4.78 is 0.901. The van der Waals surface area contributed by atoms with E-state index in [1.54, 1.807) is 4.90 Å². The van der Waals surface area contributed by atoms with Crippen LogP contribution in [0.5, 0.6) is 0 Å². The maximum Gasteiger partial charge on any atom is 0.321 e. The van der Waals surface area contributed by atoms with Crippen LogP contribution < -0.4 is 5.32 Å². The topological polar surface area (TPSA) is 32.3 Å². The summed E-state index contributed by atoms with van der Waals surface area (Å²) >= 11 is 3.42. The fourth-order valence-electron chi connectivity index (χ4n) is 1.44. The second-order valence-corrected chi connectivity index (χ2v) is 4.44. The van der Waals surface area contributed by atoms with E-state index in [1.807, 2.05) is 39.0 Å². The van der Waals surface area contributed by atoms with Crippen LogP contribution in [0.3, 0.4) is 0 Å².